The van der Waals surface area contributed by atoms with E-state index in [1.807, 2.05) is 0 Å². The lowest BCUT2D eigenvalue weighted by atomic mass is 10.2. The first-order valence-electron chi connectivity index (χ1n) is 4.63. The summed E-state index contributed by atoms with van der Waals surface area (Å²) in [5.74, 6) is -2.39. The van der Waals surface area contributed by atoms with Crippen LogP contribution in [0.5, 0.6) is 5.75 Å². The van der Waals surface area contributed by atoms with Crippen LogP contribution in [0, 0.1) is 11.6 Å². The fourth-order valence-electron chi connectivity index (χ4n) is 1.01. The van der Waals surface area contributed by atoms with Crippen molar-refractivity contribution in [2.24, 2.45) is 11.5 Å². The molecule has 4 nitrogen and oxygen atoms in total. The molecule has 0 spiro atoms. The van der Waals surface area contributed by atoms with Crippen LogP contribution in [0.1, 0.15) is 6.42 Å². The monoisotopic (exact) mass is 230 g/mol. The lowest BCUT2D eigenvalue weighted by Crippen LogP contribution is -2.37. The predicted molar refractivity (Wildman–Crippen MR) is 53.6 cm³/mol. The maximum Gasteiger partial charge on any atom is 0.234 e. The Morgan fingerprint density at radius 2 is 2.06 bits per heavy atom. The van der Waals surface area contributed by atoms with E-state index in [9.17, 15) is 13.6 Å². The zero-order valence-corrected chi connectivity index (χ0v) is 8.45. The van der Waals surface area contributed by atoms with Gasteiger partial charge in [0.2, 0.25) is 5.91 Å². The molecule has 1 amide bonds. The minimum Gasteiger partial charge on any atom is -0.493 e. The minimum absolute atomic E-state index is 0.106. The molecule has 0 aliphatic carbocycles. The Morgan fingerprint density at radius 1 is 1.38 bits per heavy atom. The second-order valence-electron chi connectivity index (χ2n) is 3.22. The Bertz CT molecular complexity index is 385. The zero-order chi connectivity index (χ0) is 12.1. The van der Waals surface area contributed by atoms with E-state index in [4.69, 9.17) is 16.2 Å². The number of nitrogens with two attached hydrogens (primary N) is 2. The first-order chi connectivity index (χ1) is 7.50. The molecule has 1 aromatic carbocycles. The number of carbonyl (C=O) groups excluding carboxylic acids is 1. The molecule has 1 aromatic rings. The number of amides is 1. The number of ether oxygens (including phenoxy) is 1. The maximum absolute atomic E-state index is 12.7. The summed E-state index contributed by atoms with van der Waals surface area (Å²) in [7, 11) is 0. The number of hydrogen-bond acceptors (Lipinski definition) is 3. The number of primary amides is 1. The summed E-state index contributed by atoms with van der Waals surface area (Å²) in [6, 6.07) is 2.36. The average molecular weight is 230 g/mol. The van der Waals surface area contributed by atoms with Gasteiger partial charge < -0.3 is 16.2 Å². The van der Waals surface area contributed by atoms with Crippen LogP contribution in [0.4, 0.5) is 8.78 Å². The van der Waals surface area contributed by atoms with Gasteiger partial charge in [-0.25, -0.2) is 8.78 Å². The second-order valence-corrected chi connectivity index (χ2v) is 3.22. The third-order valence-electron chi connectivity index (χ3n) is 1.95. The van der Waals surface area contributed by atoms with Gasteiger partial charge in [-0.15, -0.1) is 0 Å². The summed E-state index contributed by atoms with van der Waals surface area (Å²) in [4.78, 5) is 10.6. The summed E-state index contributed by atoms with van der Waals surface area (Å²) in [5, 5.41) is 0. The molecule has 1 atom stereocenters. The van der Waals surface area contributed by atoms with Crippen LogP contribution in [0.3, 0.4) is 0 Å². The summed E-state index contributed by atoms with van der Waals surface area (Å²) < 4.78 is 30.4. The van der Waals surface area contributed by atoms with Gasteiger partial charge in [-0.2, -0.15) is 0 Å². The zero-order valence-electron chi connectivity index (χ0n) is 8.45. The van der Waals surface area contributed by atoms with Gasteiger partial charge in [0.15, 0.2) is 11.6 Å². The van der Waals surface area contributed by atoms with Gasteiger partial charge in [0, 0.05) is 12.5 Å². The highest BCUT2D eigenvalue weighted by atomic mass is 19.2. The van der Waals surface area contributed by atoms with Crippen molar-refractivity contribution < 1.29 is 18.3 Å². The van der Waals surface area contributed by atoms with E-state index >= 15 is 0 Å². The number of carbonyl (C=O) groups is 1. The molecule has 88 valence electrons. The fraction of sp³-hybridized carbons (Fsp3) is 0.300. The number of halogens is 2. The van der Waals surface area contributed by atoms with E-state index in [2.05, 4.69) is 0 Å². The van der Waals surface area contributed by atoms with Gasteiger partial charge in [0.1, 0.15) is 5.75 Å². The van der Waals surface area contributed by atoms with Crippen LogP contribution >= 0.6 is 0 Å². The second kappa shape index (κ2) is 5.41. The van der Waals surface area contributed by atoms with Crippen LogP contribution in [0.15, 0.2) is 18.2 Å². The summed E-state index contributed by atoms with van der Waals surface area (Å²) in [5.41, 5.74) is 10.3. The SMILES string of the molecule is NC(=O)C(N)CCOc1ccc(F)c(F)c1. The van der Waals surface area contributed by atoms with Gasteiger partial charge in [-0.3, -0.25) is 4.79 Å². The molecule has 16 heavy (non-hydrogen) atoms. The highest BCUT2D eigenvalue weighted by Crippen LogP contribution is 2.15. The molecule has 0 fully saturated rings. The molecule has 0 bridgehead atoms. The molecule has 1 unspecified atom stereocenters. The molecule has 0 aliphatic rings. The summed E-state index contributed by atoms with van der Waals surface area (Å²) in [6.45, 7) is 0.106. The maximum atomic E-state index is 12.7. The van der Waals surface area contributed by atoms with E-state index in [0.29, 0.717) is 0 Å². The molecule has 0 heterocycles. The predicted octanol–water partition coefficient (Wildman–Crippen LogP) is 0.546. The van der Waals surface area contributed by atoms with Crippen molar-refractivity contribution in [2.75, 3.05) is 6.61 Å². The Balaban J connectivity index is 2.43. The molecule has 1 rings (SSSR count). The highest BCUT2D eigenvalue weighted by Gasteiger charge is 2.09. The van der Waals surface area contributed by atoms with Crippen molar-refractivity contribution in [2.45, 2.75) is 12.5 Å². The molecule has 4 N–H and O–H groups in total. The van der Waals surface area contributed by atoms with Crippen LogP contribution in [-0.4, -0.2) is 18.6 Å². The standard InChI is InChI=1S/C10H12F2N2O2/c11-7-2-1-6(5-8(7)12)16-4-3-9(13)10(14)15/h1-2,5,9H,3-4,13H2,(H2,14,15). The molecule has 0 saturated carbocycles. The van der Waals surface area contributed by atoms with E-state index in [1.165, 1.54) is 6.07 Å². The van der Waals surface area contributed by atoms with Gasteiger partial charge in [-0.05, 0) is 12.1 Å². The van der Waals surface area contributed by atoms with Crippen LogP contribution in [0.25, 0.3) is 0 Å². The number of benzene rings is 1. The molecule has 0 aliphatic heterocycles. The molecular formula is C10H12F2N2O2. The summed E-state index contributed by atoms with van der Waals surface area (Å²) >= 11 is 0. The normalized spacial score (nSPS) is 12.2. The minimum atomic E-state index is -0.989. The van der Waals surface area contributed by atoms with Gasteiger partial charge in [-0.1, -0.05) is 0 Å². The van der Waals surface area contributed by atoms with Crippen molar-refractivity contribution in [1.82, 2.24) is 0 Å². The molecule has 6 heteroatoms. The van der Waals surface area contributed by atoms with Gasteiger partial charge in [0.05, 0.1) is 12.6 Å². The van der Waals surface area contributed by atoms with E-state index in [-0.39, 0.29) is 18.8 Å². The molecule has 0 saturated heterocycles. The largest absolute Gasteiger partial charge is 0.493 e. The van der Waals surface area contributed by atoms with Crippen molar-refractivity contribution in [3.05, 3.63) is 29.8 Å². The average Bonchev–Trinajstić information content (AvgIpc) is 2.23. The topological polar surface area (TPSA) is 78.3 Å². The number of hydrogen-bond donors (Lipinski definition) is 2. The van der Waals surface area contributed by atoms with Crippen molar-refractivity contribution in [3.63, 3.8) is 0 Å². The van der Waals surface area contributed by atoms with Crippen LogP contribution < -0.4 is 16.2 Å². The van der Waals surface area contributed by atoms with Gasteiger partial charge >= 0.3 is 0 Å². The van der Waals surface area contributed by atoms with E-state index in [1.54, 1.807) is 0 Å². The van der Waals surface area contributed by atoms with Crippen LogP contribution in [0.2, 0.25) is 0 Å². The van der Waals surface area contributed by atoms with Gasteiger partial charge in [0.25, 0.3) is 0 Å². The molecular weight excluding hydrogens is 218 g/mol. The Labute approximate surface area is 91.2 Å². The smallest absolute Gasteiger partial charge is 0.234 e. The summed E-state index contributed by atoms with van der Waals surface area (Å²) in [6.07, 6.45) is 0.217. The molecule has 0 radical (unpaired) electrons. The molecule has 0 aromatic heterocycles. The number of rotatable bonds is 5. The first-order valence-corrected chi connectivity index (χ1v) is 4.63. The lowest BCUT2D eigenvalue weighted by Gasteiger charge is -2.09. The Morgan fingerprint density at radius 3 is 2.62 bits per heavy atom. The third kappa shape index (κ3) is 3.47. The quantitative estimate of drug-likeness (QED) is 0.775. The van der Waals surface area contributed by atoms with Crippen molar-refractivity contribution >= 4 is 5.91 Å². The van der Waals surface area contributed by atoms with E-state index < -0.39 is 23.6 Å². The van der Waals surface area contributed by atoms with E-state index in [0.717, 1.165) is 12.1 Å². The highest BCUT2D eigenvalue weighted by molar-refractivity contribution is 5.79. The van der Waals surface area contributed by atoms with Crippen LogP contribution in [-0.2, 0) is 4.79 Å². The Hall–Kier alpha value is -1.69. The van der Waals surface area contributed by atoms with Crippen molar-refractivity contribution in [3.8, 4) is 5.75 Å². The van der Waals surface area contributed by atoms with Crippen molar-refractivity contribution in [1.29, 1.82) is 0 Å². The first kappa shape index (κ1) is 12.4. The lowest BCUT2D eigenvalue weighted by molar-refractivity contribution is -0.119. The Kier molecular flexibility index (Phi) is 4.19. The fourth-order valence-corrected chi connectivity index (χ4v) is 1.01. The third-order valence-corrected chi connectivity index (χ3v) is 1.95.